The molecule has 2 amide bonds. The Morgan fingerprint density at radius 2 is 2.32 bits per heavy atom. The molecular weight excluding hydrogens is 240 g/mol. The molecule has 1 atom stereocenters. The number of hydrogen-bond donors (Lipinski definition) is 1. The standard InChI is InChI=1S/C15H24N2O2/c1-2-17-11-13(10-14(17)18)15(19)16-9-8-12-6-4-3-5-7-12/h6,13H,2-5,7-11H2,1H3,(H,16,19)/t13-/m1/s1. The first-order chi connectivity index (χ1) is 9.20. The van der Waals surface area contributed by atoms with Crippen LogP contribution >= 0.6 is 0 Å². The lowest BCUT2D eigenvalue weighted by Crippen LogP contribution is -2.33. The summed E-state index contributed by atoms with van der Waals surface area (Å²) in [5.41, 5.74) is 1.48. The Hall–Kier alpha value is -1.32. The summed E-state index contributed by atoms with van der Waals surface area (Å²) < 4.78 is 0. The number of nitrogens with one attached hydrogen (secondary N) is 1. The molecular formula is C15H24N2O2. The zero-order valence-electron chi connectivity index (χ0n) is 11.8. The molecule has 0 aromatic carbocycles. The van der Waals surface area contributed by atoms with Gasteiger partial charge in [0.15, 0.2) is 0 Å². The molecule has 1 N–H and O–H groups in total. The van der Waals surface area contributed by atoms with E-state index in [1.54, 1.807) is 4.90 Å². The van der Waals surface area contributed by atoms with Crippen LogP contribution in [0.1, 0.15) is 45.4 Å². The smallest absolute Gasteiger partial charge is 0.225 e. The van der Waals surface area contributed by atoms with Crippen molar-refractivity contribution in [3.05, 3.63) is 11.6 Å². The maximum Gasteiger partial charge on any atom is 0.225 e. The van der Waals surface area contributed by atoms with Crippen LogP contribution in [-0.4, -0.2) is 36.3 Å². The van der Waals surface area contributed by atoms with E-state index in [1.165, 1.54) is 31.3 Å². The van der Waals surface area contributed by atoms with Gasteiger partial charge in [-0.1, -0.05) is 11.6 Å². The van der Waals surface area contributed by atoms with Crippen LogP contribution in [0.25, 0.3) is 0 Å². The molecule has 1 saturated heterocycles. The molecule has 4 nitrogen and oxygen atoms in total. The fourth-order valence-corrected chi connectivity index (χ4v) is 2.88. The summed E-state index contributed by atoms with van der Waals surface area (Å²) in [5, 5.41) is 2.98. The highest BCUT2D eigenvalue weighted by atomic mass is 16.2. The molecule has 1 aliphatic carbocycles. The minimum Gasteiger partial charge on any atom is -0.355 e. The van der Waals surface area contributed by atoms with Gasteiger partial charge in [0.2, 0.25) is 11.8 Å². The zero-order chi connectivity index (χ0) is 13.7. The van der Waals surface area contributed by atoms with E-state index in [0.29, 0.717) is 26.1 Å². The minimum atomic E-state index is -0.146. The molecule has 0 aromatic heterocycles. The Balaban J connectivity index is 1.70. The number of amides is 2. The Morgan fingerprint density at radius 1 is 1.47 bits per heavy atom. The van der Waals surface area contributed by atoms with Crippen LogP contribution in [0.3, 0.4) is 0 Å². The molecule has 1 aliphatic heterocycles. The second-order valence-corrected chi connectivity index (χ2v) is 5.48. The van der Waals surface area contributed by atoms with Crippen molar-refractivity contribution in [3.8, 4) is 0 Å². The van der Waals surface area contributed by atoms with Crippen molar-refractivity contribution in [3.63, 3.8) is 0 Å². The molecule has 1 heterocycles. The quantitative estimate of drug-likeness (QED) is 0.771. The maximum absolute atomic E-state index is 12.0. The number of hydrogen-bond acceptors (Lipinski definition) is 2. The van der Waals surface area contributed by atoms with Crippen LogP contribution in [0.2, 0.25) is 0 Å². The van der Waals surface area contributed by atoms with Crippen LogP contribution < -0.4 is 5.32 Å². The largest absolute Gasteiger partial charge is 0.355 e. The monoisotopic (exact) mass is 264 g/mol. The van der Waals surface area contributed by atoms with E-state index in [4.69, 9.17) is 0 Å². The highest BCUT2D eigenvalue weighted by Crippen LogP contribution is 2.20. The van der Waals surface area contributed by atoms with E-state index in [-0.39, 0.29) is 17.7 Å². The van der Waals surface area contributed by atoms with Crippen molar-refractivity contribution < 1.29 is 9.59 Å². The van der Waals surface area contributed by atoms with E-state index in [1.807, 2.05) is 6.92 Å². The van der Waals surface area contributed by atoms with Gasteiger partial charge in [0.1, 0.15) is 0 Å². The van der Waals surface area contributed by atoms with Gasteiger partial charge < -0.3 is 10.2 Å². The van der Waals surface area contributed by atoms with Gasteiger partial charge in [-0.2, -0.15) is 0 Å². The first kappa shape index (κ1) is 14.1. The number of carbonyl (C=O) groups excluding carboxylic acids is 2. The van der Waals surface area contributed by atoms with Crippen molar-refractivity contribution in [2.75, 3.05) is 19.6 Å². The second-order valence-electron chi connectivity index (χ2n) is 5.48. The third-order valence-corrected chi connectivity index (χ3v) is 4.10. The van der Waals surface area contributed by atoms with Crippen molar-refractivity contribution in [1.82, 2.24) is 10.2 Å². The van der Waals surface area contributed by atoms with Crippen LogP contribution in [0, 0.1) is 5.92 Å². The predicted octanol–water partition coefficient (Wildman–Crippen LogP) is 1.86. The molecule has 0 unspecified atom stereocenters. The molecule has 0 bridgehead atoms. The van der Waals surface area contributed by atoms with E-state index in [0.717, 1.165) is 6.42 Å². The van der Waals surface area contributed by atoms with Gasteiger partial charge in [-0.3, -0.25) is 9.59 Å². The molecule has 2 rings (SSSR count). The van der Waals surface area contributed by atoms with E-state index < -0.39 is 0 Å². The van der Waals surface area contributed by atoms with Crippen LogP contribution in [0.15, 0.2) is 11.6 Å². The summed E-state index contributed by atoms with van der Waals surface area (Å²) in [4.78, 5) is 25.3. The maximum atomic E-state index is 12.0. The normalized spacial score (nSPS) is 23.4. The number of nitrogens with zero attached hydrogens (tertiary/aromatic N) is 1. The van der Waals surface area contributed by atoms with Gasteiger partial charge in [0.05, 0.1) is 5.92 Å². The zero-order valence-corrected chi connectivity index (χ0v) is 11.8. The number of likely N-dealkylation sites (tertiary alicyclic amines) is 1. The lowest BCUT2D eigenvalue weighted by Gasteiger charge is -2.15. The second kappa shape index (κ2) is 6.73. The van der Waals surface area contributed by atoms with Gasteiger partial charge in [-0.05, 0) is 39.0 Å². The Kier molecular flexibility index (Phi) is 5.00. The van der Waals surface area contributed by atoms with Gasteiger partial charge in [-0.25, -0.2) is 0 Å². The Morgan fingerprint density at radius 3 is 2.95 bits per heavy atom. The molecule has 106 valence electrons. The predicted molar refractivity (Wildman–Crippen MR) is 74.5 cm³/mol. The summed E-state index contributed by atoms with van der Waals surface area (Å²) in [6, 6.07) is 0. The van der Waals surface area contributed by atoms with Crippen LogP contribution in [0.4, 0.5) is 0 Å². The summed E-state index contributed by atoms with van der Waals surface area (Å²) in [6.07, 6.45) is 8.60. The molecule has 0 spiro atoms. The average molecular weight is 264 g/mol. The van der Waals surface area contributed by atoms with Gasteiger partial charge in [0, 0.05) is 26.1 Å². The van der Waals surface area contributed by atoms with E-state index >= 15 is 0 Å². The molecule has 0 saturated carbocycles. The van der Waals surface area contributed by atoms with Crippen molar-refractivity contribution in [1.29, 1.82) is 0 Å². The summed E-state index contributed by atoms with van der Waals surface area (Å²) in [7, 11) is 0. The number of rotatable bonds is 5. The SMILES string of the molecule is CCN1C[C@H](C(=O)NCCC2=CCCCC2)CC1=O. The van der Waals surface area contributed by atoms with Crippen molar-refractivity contribution in [2.45, 2.75) is 45.4 Å². The van der Waals surface area contributed by atoms with Gasteiger partial charge in [-0.15, -0.1) is 0 Å². The minimum absolute atomic E-state index is 0.0423. The highest BCUT2D eigenvalue weighted by Gasteiger charge is 2.32. The summed E-state index contributed by atoms with van der Waals surface area (Å²) in [5.74, 6) is 0.00568. The molecule has 2 aliphatic rings. The Bertz CT molecular complexity index is 376. The van der Waals surface area contributed by atoms with Crippen LogP contribution in [-0.2, 0) is 9.59 Å². The van der Waals surface area contributed by atoms with Crippen LogP contribution in [0.5, 0.6) is 0 Å². The summed E-state index contributed by atoms with van der Waals surface area (Å²) >= 11 is 0. The van der Waals surface area contributed by atoms with E-state index in [2.05, 4.69) is 11.4 Å². The lowest BCUT2D eigenvalue weighted by atomic mass is 9.97. The molecule has 0 radical (unpaired) electrons. The fraction of sp³-hybridized carbons (Fsp3) is 0.733. The number of carbonyl (C=O) groups is 2. The fourth-order valence-electron chi connectivity index (χ4n) is 2.88. The first-order valence-electron chi connectivity index (χ1n) is 7.44. The lowest BCUT2D eigenvalue weighted by molar-refractivity contribution is -0.128. The van der Waals surface area contributed by atoms with E-state index in [9.17, 15) is 9.59 Å². The number of allylic oxidation sites excluding steroid dienone is 1. The third kappa shape index (κ3) is 3.82. The first-order valence-corrected chi connectivity index (χ1v) is 7.44. The van der Waals surface area contributed by atoms with Crippen molar-refractivity contribution >= 4 is 11.8 Å². The molecule has 0 aromatic rings. The Labute approximate surface area is 115 Å². The molecule has 19 heavy (non-hydrogen) atoms. The summed E-state index contributed by atoms with van der Waals surface area (Å²) in [6.45, 7) is 3.95. The highest BCUT2D eigenvalue weighted by molar-refractivity contribution is 5.89. The molecule has 4 heteroatoms. The van der Waals surface area contributed by atoms with Gasteiger partial charge in [0.25, 0.3) is 0 Å². The van der Waals surface area contributed by atoms with Crippen molar-refractivity contribution in [2.24, 2.45) is 5.92 Å². The molecule has 1 fully saturated rings. The average Bonchev–Trinajstić information content (AvgIpc) is 2.81. The third-order valence-electron chi connectivity index (χ3n) is 4.10. The van der Waals surface area contributed by atoms with Gasteiger partial charge >= 0.3 is 0 Å². The topological polar surface area (TPSA) is 49.4 Å².